The Morgan fingerprint density at radius 1 is 1.15 bits per heavy atom. The van der Waals surface area contributed by atoms with Gasteiger partial charge in [0.2, 0.25) is 0 Å². The zero-order valence-electron chi connectivity index (χ0n) is 12.3. The van der Waals surface area contributed by atoms with Crippen LogP contribution in [0.3, 0.4) is 0 Å². The lowest BCUT2D eigenvalue weighted by Crippen LogP contribution is -2.06. The molecule has 0 aliphatic carbocycles. The highest BCUT2D eigenvalue weighted by Crippen LogP contribution is 2.23. The molecule has 0 amide bonds. The fraction of sp³-hybridized carbons (Fsp3) is 0.375. The van der Waals surface area contributed by atoms with Crippen LogP contribution in [0.15, 0.2) is 36.7 Å². The van der Waals surface area contributed by atoms with Crippen molar-refractivity contribution in [3.8, 4) is 11.8 Å². The largest absolute Gasteiger partial charge is 0.424 e. The molecule has 2 rings (SSSR count). The maximum absolute atomic E-state index is 5.64. The number of nitrogens with zero attached hydrogens (tertiary/aromatic N) is 2. The first-order chi connectivity index (χ1) is 9.72. The van der Waals surface area contributed by atoms with Gasteiger partial charge in [0.25, 0.3) is 0 Å². The van der Waals surface area contributed by atoms with E-state index in [0.29, 0.717) is 11.9 Å². The van der Waals surface area contributed by atoms with Crippen molar-refractivity contribution in [1.29, 1.82) is 0 Å². The van der Waals surface area contributed by atoms with Gasteiger partial charge >= 0.3 is 6.01 Å². The molecule has 0 bridgehead atoms. The van der Waals surface area contributed by atoms with Crippen LogP contribution in [0.1, 0.15) is 37.3 Å². The third kappa shape index (κ3) is 3.78. The lowest BCUT2D eigenvalue weighted by Gasteiger charge is -2.10. The summed E-state index contributed by atoms with van der Waals surface area (Å²) in [7, 11) is 1.89. The van der Waals surface area contributed by atoms with Crippen molar-refractivity contribution < 1.29 is 4.74 Å². The van der Waals surface area contributed by atoms with Gasteiger partial charge in [-0.15, -0.1) is 0 Å². The average molecular weight is 271 g/mol. The van der Waals surface area contributed by atoms with Gasteiger partial charge in [-0.3, -0.25) is 0 Å². The van der Waals surface area contributed by atoms with E-state index in [1.807, 2.05) is 19.2 Å². The molecule has 106 valence electrons. The fourth-order valence-corrected chi connectivity index (χ4v) is 1.90. The highest BCUT2D eigenvalue weighted by Gasteiger charge is 2.04. The lowest BCUT2D eigenvalue weighted by molar-refractivity contribution is 0.440. The van der Waals surface area contributed by atoms with Crippen molar-refractivity contribution in [2.75, 3.05) is 7.05 Å². The van der Waals surface area contributed by atoms with E-state index in [9.17, 15) is 0 Å². The predicted octanol–water partition coefficient (Wildman–Crippen LogP) is 3.50. The molecule has 0 fully saturated rings. The van der Waals surface area contributed by atoms with Crippen LogP contribution >= 0.6 is 0 Å². The van der Waals surface area contributed by atoms with Crippen molar-refractivity contribution in [3.05, 3.63) is 47.8 Å². The summed E-state index contributed by atoms with van der Waals surface area (Å²) in [6.45, 7) is 5.17. The van der Waals surface area contributed by atoms with E-state index in [1.54, 1.807) is 12.4 Å². The van der Waals surface area contributed by atoms with Gasteiger partial charge in [-0.2, -0.15) is 0 Å². The second kappa shape index (κ2) is 7.01. The lowest BCUT2D eigenvalue weighted by atomic mass is 9.99. The van der Waals surface area contributed by atoms with Gasteiger partial charge < -0.3 is 10.1 Å². The molecule has 0 saturated heterocycles. The molecule has 1 aromatic carbocycles. The average Bonchev–Trinajstić information content (AvgIpc) is 2.49. The molecular formula is C16H21N3O. The topological polar surface area (TPSA) is 47.0 Å². The maximum atomic E-state index is 5.64. The number of benzene rings is 1. The molecule has 1 heterocycles. The number of ether oxygens (including phenoxy) is 1. The van der Waals surface area contributed by atoms with Crippen molar-refractivity contribution in [2.24, 2.45) is 0 Å². The zero-order chi connectivity index (χ0) is 14.4. The van der Waals surface area contributed by atoms with Crippen LogP contribution in [0.5, 0.6) is 11.8 Å². The van der Waals surface area contributed by atoms with Crippen molar-refractivity contribution in [3.63, 3.8) is 0 Å². The summed E-state index contributed by atoms with van der Waals surface area (Å²) in [6, 6.07) is 8.50. The number of rotatable bonds is 6. The third-order valence-electron chi connectivity index (χ3n) is 3.33. The Balaban J connectivity index is 2.02. The van der Waals surface area contributed by atoms with Crippen LogP contribution < -0.4 is 10.1 Å². The molecule has 0 spiro atoms. The molecule has 0 aliphatic rings. The Labute approximate surface area is 120 Å². The van der Waals surface area contributed by atoms with Crippen LogP contribution in [0.4, 0.5) is 0 Å². The normalized spacial score (nSPS) is 12.2. The summed E-state index contributed by atoms with van der Waals surface area (Å²) in [5.41, 5.74) is 2.36. The first-order valence-corrected chi connectivity index (χ1v) is 6.96. The van der Waals surface area contributed by atoms with Crippen LogP contribution in [0, 0.1) is 0 Å². The summed E-state index contributed by atoms with van der Waals surface area (Å²) in [6.07, 6.45) is 4.68. The molecule has 20 heavy (non-hydrogen) atoms. The molecule has 4 heteroatoms. The summed E-state index contributed by atoms with van der Waals surface area (Å²) in [4.78, 5) is 8.39. The summed E-state index contributed by atoms with van der Waals surface area (Å²) in [5.74, 6) is 1.33. The van der Waals surface area contributed by atoms with E-state index < -0.39 is 0 Å². The summed E-state index contributed by atoms with van der Waals surface area (Å²) >= 11 is 0. The van der Waals surface area contributed by atoms with Crippen molar-refractivity contribution in [2.45, 2.75) is 32.7 Å². The smallest absolute Gasteiger partial charge is 0.321 e. The van der Waals surface area contributed by atoms with Crippen LogP contribution in [-0.4, -0.2) is 17.0 Å². The van der Waals surface area contributed by atoms with E-state index in [0.717, 1.165) is 24.3 Å². The van der Waals surface area contributed by atoms with Crippen LogP contribution in [0.25, 0.3) is 0 Å². The first kappa shape index (κ1) is 14.5. The van der Waals surface area contributed by atoms with E-state index in [1.165, 1.54) is 5.56 Å². The van der Waals surface area contributed by atoms with Crippen LogP contribution in [0.2, 0.25) is 0 Å². The molecule has 1 unspecified atom stereocenters. The Bertz CT molecular complexity index is 522. The summed E-state index contributed by atoms with van der Waals surface area (Å²) < 4.78 is 5.64. The highest BCUT2D eigenvalue weighted by molar-refractivity contribution is 5.30. The molecular weight excluding hydrogens is 250 g/mol. The molecule has 2 aromatic rings. The van der Waals surface area contributed by atoms with Gasteiger partial charge in [-0.05, 0) is 37.1 Å². The van der Waals surface area contributed by atoms with Gasteiger partial charge in [0, 0.05) is 24.5 Å². The van der Waals surface area contributed by atoms with Crippen molar-refractivity contribution in [1.82, 2.24) is 15.3 Å². The van der Waals surface area contributed by atoms with Crippen molar-refractivity contribution >= 4 is 0 Å². The third-order valence-corrected chi connectivity index (χ3v) is 3.33. The summed E-state index contributed by atoms with van der Waals surface area (Å²) in [5, 5.41) is 3.05. The Morgan fingerprint density at radius 3 is 2.35 bits per heavy atom. The Hall–Kier alpha value is -1.94. The first-order valence-electron chi connectivity index (χ1n) is 6.96. The van der Waals surface area contributed by atoms with Gasteiger partial charge in [0.1, 0.15) is 5.75 Å². The molecule has 1 aromatic heterocycles. The quantitative estimate of drug-likeness (QED) is 0.873. The minimum absolute atomic E-state index is 0.376. The second-order valence-electron chi connectivity index (χ2n) is 4.88. The van der Waals surface area contributed by atoms with Gasteiger partial charge in [0.05, 0.1) is 0 Å². The molecule has 0 saturated carbocycles. The SMILES string of the molecule is CCC(C)c1ccc(Oc2ncc(CNC)cn2)cc1. The van der Waals surface area contributed by atoms with Gasteiger partial charge in [0.15, 0.2) is 0 Å². The van der Waals surface area contributed by atoms with Gasteiger partial charge in [-0.1, -0.05) is 26.0 Å². The van der Waals surface area contributed by atoms with E-state index in [4.69, 9.17) is 4.74 Å². The molecule has 1 N–H and O–H groups in total. The minimum Gasteiger partial charge on any atom is -0.424 e. The fourth-order valence-electron chi connectivity index (χ4n) is 1.90. The number of hydrogen-bond acceptors (Lipinski definition) is 4. The molecule has 0 radical (unpaired) electrons. The monoisotopic (exact) mass is 271 g/mol. The standard InChI is InChI=1S/C16H21N3O/c1-4-12(2)14-5-7-15(8-6-14)20-16-18-10-13(9-17-3)11-19-16/h5-8,10-12,17H,4,9H2,1-3H3. The molecule has 4 nitrogen and oxygen atoms in total. The Kier molecular flexibility index (Phi) is 5.07. The molecule has 0 aliphatic heterocycles. The van der Waals surface area contributed by atoms with Gasteiger partial charge in [-0.25, -0.2) is 9.97 Å². The van der Waals surface area contributed by atoms with E-state index in [2.05, 4.69) is 41.3 Å². The maximum Gasteiger partial charge on any atom is 0.321 e. The Morgan fingerprint density at radius 2 is 1.80 bits per heavy atom. The number of hydrogen-bond donors (Lipinski definition) is 1. The van der Waals surface area contributed by atoms with E-state index >= 15 is 0 Å². The van der Waals surface area contributed by atoms with E-state index in [-0.39, 0.29) is 0 Å². The second-order valence-corrected chi connectivity index (χ2v) is 4.88. The predicted molar refractivity (Wildman–Crippen MR) is 80.0 cm³/mol. The van der Waals surface area contributed by atoms with Crippen LogP contribution in [-0.2, 0) is 6.54 Å². The molecule has 1 atom stereocenters. The minimum atomic E-state index is 0.376. The number of nitrogens with one attached hydrogen (secondary N) is 1. The highest BCUT2D eigenvalue weighted by atomic mass is 16.5. The number of aromatic nitrogens is 2. The zero-order valence-corrected chi connectivity index (χ0v) is 12.3.